The molecule has 0 N–H and O–H groups in total. The third-order valence-electron chi connectivity index (χ3n) is 2.87. The van der Waals surface area contributed by atoms with Crippen LogP contribution in [0.1, 0.15) is 15.9 Å². The summed E-state index contributed by atoms with van der Waals surface area (Å²) in [4.78, 5) is 12.1. The van der Waals surface area contributed by atoms with E-state index in [0.29, 0.717) is 10.6 Å². The number of ketones is 1. The van der Waals surface area contributed by atoms with Crippen LogP contribution in [0.5, 0.6) is 0 Å². The van der Waals surface area contributed by atoms with Crippen LogP contribution >= 0.6 is 11.6 Å². The molecule has 0 saturated carbocycles. The lowest BCUT2D eigenvalue weighted by Crippen LogP contribution is -2.16. The van der Waals surface area contributed by atoms with Gasteiger partial charge in [-0.3, -0.25) is 4.79 Å². The Bertz CT molecular complexity index is 717. The third-order valence-corrected chi connectivity index (χ3v) is 4.75. The van der Waals surface area contributed by atoms with E-state index in [9.17, 15) is 13.2 Å². The molecule has 104 valence electrons. The van der Waals surface area contributed by atoms with Crippen molar-refractivity contribution in [3.63, 3.8) is 0 Å². The third kappa shape index (κ3) is 3.46. The van der Waals surface area contributed by atoms with Crippen molar-refractivity contribution in [1.82, 2.24) is 0 Å². The molecule has 0 aromatic heterocycles. The van der Waals surface area contributed by atoms with Crippen molar-refractivity contribution < 1.29 is 13.2 Å². The lowest BCUT2D eigenvalue weighted by molar-refractivity contribution is 0.102. The van der Waals surface area contributed by atoms with Crippen LogP contribution in [0.2, 0.25) is 5.02 Å². The molecule has 0 spiro atoms. The summed E-state index contributed by atoms with van der Waals surface area (Å²) in [5, 5.41) is 0.503. The van der Waals surface area contributed by atoms with Crippen LogP contribution in [0.3, 0.4) is 0 Å². The minimum Gasteiger partial charge on any atom is -0.293 e. The lowest BCUT2D eigenvalue weighted by Gasteiger charge is -2.05. The second-order valence-electron chi connectivity index (χ2n) is 4.50. The highest BCUT2D eigenvalue weighted by atomic mass is 35.5. The highest BCUT2D eigenvalue weighted by Crippen LogP contribution is 2.15. The van der Waals surface area contributed by atoms with E-state index in [1.807, 2.05) is 6.92 Å². The average Bonchev–Trinajstić information content (AvgIpc) is 2.39. The topological polar surface area (TPSA) is 51.2 Å². The molecule has 5 heteroatoms. The summed E-state index contributed by atoms with van der Waals surface area (Å²) in [5.41, 5.74) is 1.30. The van der Waals surface area contributed by atoms with E-state index < -0.39 is 21.4 Å². The molecule has 2 aromatic carbocycles. The van der Waals surface area contributed by atoms with E-state index in [-0.39, 0.29) is 4.90 Å². The number of hydrogen-bond donors (Lipinski definition) is 0. The molecule has 20 heavy (non-hydrogen) atoms. The Balaban J connectivity index is 2.22. The molecule has 0 bridgehead atoms. The van der Waals surface area contributed by atoms with Gasteiger partial charge in [0.05, 0.1) is 4.90 Å². The Hall–Kier alpha value is -1.65. The fourth-order valence-corrected chi connectivity index (χ4v) is 3.08. The fourth-order valence-electron chi connectivity index (χ4n) is 1.72. The number of halogens is 1. The first-order chi connectivity index (χ1) is 9.38. The van der Waals surface area contributed by atoms with Gasteiger partial charge in [0, 0.05) is 10.6 Å². The number of carbonyl (C=O) groups is 1. The maximum absolute atomic E-state index is 12.1. The smallest absolute Gasteiger partial charge is 0.185 e. The summed E-state index contributed by atoms with van der Waals surface area (Å²) in [6.45, 7) is 1.87. The fraction of sp³-hybridized carbons (Fsp3) is 0.133. The van der Waals surface area contributed by atoms with Gasteiger partial charge in [0.1, 0.15) is 5.75 Å². The predicted octanol–water partition coefficient (Wildman–Crippen LogP) is 3.31. The van der Waals surface area contributed by atoms with E-state index in [4.69, 9.17) is 11.6 Å². The highest BCUT2D eigenvalue weighted by Gasteiger charge is 2.20. The number of sulfone groups is 1. The molecule has 2 aromatic rings. The molecular formula is C15H13ClO3S. The normalized spacial score (nSPS) is 11.3. The molecule has 0 atom stereocenters. The standard InChI is InChI=1S/C15H13ClO3S/c1-11-2-8-14(9-3-11)20(18,19)10-15(17)12-4-6-13(16)7-5-12/h2-9H,10H2,1H3. The number of carbonyl (C=O) groups excluding carboxylic acids is 1. The zero-order valence-corrected chi connectivity index (χ0v) is 12.4. The molecular weight excluding hydrogens is 296 g/mol. The van der Waals surface area contributed by atoms with Crippen molar-refractivity contribution in [2.75, 3.05) is 5.75 Å². The Morgan fingerprint density at radius 1 is 1.00 bits per heavy atom. The number of hydrogen-bond acceptors (Lipinski definition) is 3. The summed E-state index contributed by atoms with van der Waals surface area (Å²) in [6.07, 6.45) is 0. The lowest BCUT2D eigenvalue weighted by atomic mass is 10.1. The van der Waals surface area contributed by atoms with Gasteiger partial charge in [-0.15, -0.1) is 0 Å². The van der Waals surface area contributed by atoms with Crippen LogP contribution in [0.25, 0.3) is 0 Å². The molecule has 2 rings (SSSR count). The minimum absolute atomic E-state index is 0.158. The van der Waals surface area contributed by atoms with Crippen LogP contribution in [0, 0.1) is 6.92 Å². The molecule has 0 unspecified atom stereocenters. The van der Waals surface area contributed by atoms with Crippen molar-refractivity contribution in [3.05, 3.63) is 64.7 Å². The predicted molar refractivity (Wildman–Crippen MR) is 79.0 cm³/mol. The summed E-state index contributed by atoms with van der Waals surface area (Å²) in [5.74, 6) is -0.986. The maximum Gasteiger partial charge on any atom is 0.185 e. The van der Waals surface area contributed by atoms with Gasteiger partial charge in [0.25, 0.3) is 0 Å². The SMILES string of the molecule is Cc1ccc(S(=O)(=O)CC(=O)c2ccc(Cl)cc2)cc1. The van der Waals surface area contributed by atoms with Crippen LogP contribution in [0.15, 0.2) is 53.4 Å². The van der Waals surface area contributed by atoms with E-state index in [2.05, 4.69) is 0 Å². The number of aryl methyl sites for hydroxylation is 1. The quantitative estimate of drug-likeness (QED) is 0.814. The van der Waals surface area contributed by atoms with Gasteiger partial charge in [-0.2, -0.15) is 0 Å². The van der Waals surface area contributed by atoms with Gasteiger partial charge in [-0.05, 0) is 43.3 Å². The molecule has 0 amide bonds. The summed E-state index contributed by atoms with van der Waals surface area (Å²) < 4.78 is 24.3. The van der Waals surface area contributed by atoms with Crippen molar-refractivity contribution in [2.24, 2.45) is 0 Å². The van der Waals surface area contributed by atoms with Crippen LogP contribution in [0.4, 0.5) is 0 Å². The summed E-state index contributed by atoms with van der Waals surface area (Å²) in [6, 6.07) is 12.6. The van der Waals surface area contributed by atoms with Gasteiger partial charge >= 0.3 is 0 Å². The zero-order chi connectivity index (χ0) is 14.8. The number of Topliss-reactive ketones (excluding diaryl/α,β-unsaturated/α-hetero) is 1. The van der Waals surface area contributed by atoms with Gasteiger partial charge in [-0.1, -0.05) is 29.3 Å². The molecule has 0 aliphatic heterocycles. The second-order valence-corrected chi connectivity index (χ2v) is 6.93. The van der Waals surface area contributed by atoms with Gasteiger partial charge in [-0.25, -0.2) is 8.42 Å². The highest BCUT2D eigenvalue weighted by molar-refractivity contribution is 7.92. The zero-order valence-electron chi connectivity index (χ0n) is 10.8. The minimum atomic E-state index is -3.62. The first-order valence-corrected chi connectivity index (χ1v) is 8.00. The second kappa shape index (κ2) is 5.77. The molecule has 0 radical (unpaired) electrons. The van der Waals surface area contributed by atoms with E-state index in [0.717, 1.165) is 5.56 Å². The molecule has 0 aliphatic carbocycles. The van der Waals surface area contributed by atoms with Gasteiger partial charge < -0.3 is 0 Å². The van der Waals surface area contributed by atoms with Crippen molar-refractivity contribution in [2.45, 2.75) is 11.8 Å². The van der Waals surface area contributed by atoms with Crippen molar-refractivity contribution in [1.29, 1.82) is 0 Å². The van der Waals surface area contributed by atoms with Crippen molar-refractivity contribution >= 4 is 27.2 Å². The molecule has 0 aliphatic rings. The summed E-state index contributed by atoms with van der Waals surface area (Å²) >= 11 is 5.73. The Morgan fingerprint density at radius 3 is 2.10 bits per heavy atom. The van der Waals surface area contributed by atoms with Crippen molar-refractivity contribution in [3.8, 4) is 0 Å². The van der Waals surface area contributed by atoms with E-state index >= 15 is 0 Å². The van der Waals surface area contributed by atoms with Gasteiger partial charge in [0.2, 0.25) is 0 Å². The van der Waals surface area contributed by atoms with E-state index in [1.165, 1.54) is 24.3 Å². The maximum atomic E-state index is 12.1. The van der Waals surface area contributed by atoms with Crippen LogP contribution in [-0.2, 0) is 9.84 Å². The first-order valence-electron chi connectivity index (χ1n) is 5.97. The molecule has 0 fully saturated rings. The van der Waals surface area contributed by atoms with Crippen LogP contribution < -0.4 is 0 Å². The van der Waals surface area contributed by atoms with E-state index in [1.54, 1.807) is 24.3 Å². The number of benzene rings is 2. The Labute approximate surface area is 123 Å². The Kier molecular flexibility index (Phi) is 4.26. The Morgan fingerprint density at radius 2 is 1.55 bits per heavy atom. The average molecular weight is 309 g/mol. The van der Waals surface area contributed by atoms with Gasteiger partial charge in [0.15, 0.2) is 15.6 Å². The first kappa shape index (κ1) is 14.8. The van der Waals surface area contributed by atoms with Crippen LogP contribution in [-0.4, -0.2) is 20.0 Å². The summed E-state index contributed by atoms with van der Waals surface area (Å²) in [7, 11) is -3.62. The largest absolute Gasteiger partial charge is 0.293 e. The monoisotopic (exact) mass is 308 g/mol. The molecule has 3 nitrogen and oxygen atoms in total. The number of rotatable bonds is 4. The molecule has 0 heterocycles. The molecule has 0 saturated heterocycles.